The largest absolute Gasteiger partial charge is 0.399 e. The average molecular weight is 315 g/mol. The van der Waals surface area contributed by atoms with E-state index in [2.05, 4.69) is 26.0 Å². The minimum absolute atomic E-state index is 0.281. The molecule has 2 atom stereocenters. The van der Waals surface area contributed by atoms with Crippen LogP contribution < -0.4 is 5.73 Å². The van der Waals surface area contributed by atoms with Gasteiger partial charge in [-0.15, -0.1) is 0 Å². The Kier molecular flexibility index (Phi) is 3.69. The summed E-state index contributed by atoms with van der Waals surface area (Å²) in [5, 5.41) is 0. The third-order valence-corrected chi connectivity index (χ3v) is 6.76. The van der Waals surface area contributed by atoms with E-state index in [4.69, 9.17) is 15.2 Å². The first-order valence-corrected chi connectivity index (χ1v) is 9.26. The molecule has 2 N–H and O–H groups in total. The predicted molar refractivity (Wildman–Crippen MR) is 92.5 cm³/mol. The number of nitrogens with two attached hydrogens (primary N) is 1. The highest BCUT2D eigenvalue weighted by atomic mass is 16.7. The van der Waals surface area contributed by atoms with Crippen LogP contribution in [0.4, 0.5) is 5.69 Å². The molecule has 0 amide bonds. The van der Waals surface area contributed by atoms with E-state index >= 15 is 0 Å². The second kappa shape index (κ2) is 5.49. The second-order valence-corrected chi connectivity index (χ2v) is 7.78. The molecule has 0 bridgehead atoms. The summed E-state index contributed by atoms with van der Waals surface area (Å²) in [7, 11) is 0. The Bertz CT molecular complexity index is 606. The van der Waals surface area contributed by atoms with Crippen LogP contribution in [-0.2, 0) is 21.3 Å². The highest BCUT2D eigenvalue weighted by molar-refractivity contribution is 5.54. The first-order valence-electron chi connectivity index (χ1n) is 9.26. The van der Waals surface area contributed by atoms with Gasteiger partial charge in [0.1, 0.15) is 0 Å². The SMILES string of the molecule is CCC12CCC3(CC1CCCc1cc(N)c(C)cc12)OCCO3. The van der Waals surface area contributed by atoms with Gasteiger partial charge >= 0.3 is 0 Å². The molecule has 126 valence electrons. The van der Waals surface area contributed by atoms with E-state index in [1.54, 1.807) is 5.56 Å². The number of ether oxygens (including phenoxy) is 2. The number of aryl methyl sites for hydroxylation is 2. The van der Waals surface area contributed by atoms with Crippen molar-refractivity contribution in [2.45, 2.75) is 70.0 Å². The number of rotatable bonds is 1. The first-order chi connectivity index (χ1) is 11.1. The molecule has 4 rings (SSSR count). The number of fused-ring (bicyclic) bond motifs is 3. The van der Waals surface area contributed by atoms with Crippen LogP contribution in [0.15, 0.2) is 12.1 Å². The van der Waals surface area contributed by atoms with Crippen LogP contribution >= 0.6 is 0 Å². The quantitative estimate of drug-likeness (QED) is 0.793. The van der Waals surface area contributed by atoms with Gasteiger partial charge in [0.15, 0.2) is 5.79 Å². The van der Waals surface area contributed by atoms with Crippen molar-refractivity contribution in [1.82, 2.24) is 0 Å². The summed E-state index contributed by atoms with van der Waals surface area (Å²) < 4.78 is 12.1. The molecule has 3 heteroatoms. The molecule has 0 radical (unpaired) electrons. The van der Waals surface area contributed by atoms with Crippen molar-refractivity contribution in [3.05, 3.63) is 28.8 Å². The van der Waals surface area contributed by atoms with E-state index in [1.807, 2.05) is 0 Å². The maximum atomic E-state index is 6.20. The predicted octanol–water partition coefficient (Wildman–Crippen LogP) is 4.10. The zero-order valence-corrected chi connectivity index (χ0v) is 14.5. The van der Waals surface area contributed by atoms with Crippen LogP contribution in [-0.4, -0.2) is 19.0 Å². The number of nitrogen functional groups attached to an aromatic ring is 1. The summed E-state index contributed by atoms with van der Waals surface area (Å²) in [6.07, 6.45) is 8.14. The molecule has 1 aromatic carbocycles. The van der Waals surface area contributed by atoms with Crippen molar-refractivity contribution in [2.75, 3.05) is 18.9 Å². The second-order valence-electron chi connectivity index (χ2n) is 7.78. The summed E-state index contributed by atoms with van der Waals surface area (Å²) in [4.78, 5) is 0. The molecule has 1 aliphatic heterocycles. The van der Waals surface area contributed by atoms with Crippen molar-refractivity contribution in [3.63, 3.8) is 0 Å². The zero-order valence-electron chi connectivity index (χ0n) is 14.5. The maximum Gasteiger partial charge on any atom is 0.168 e. The molecule has 3 nitrogen and oxygen atoms in total. The molecule has 1 saturated carbocycles. The van der Waals surface area contributed by atoms with Crippen LogP contribution in [0.3, 0.4) is 0 Å². The van der Waals surface area contributed by atoms with Crippen LogP contribution in [0, 0.1) is 12.8 Å². The Balaban J connectivity index is 1.78. The molecule has 1 heterocycles. The average Bonchev–Trinajstić information content (AvgIpc) is 2.93. The van der Waals surface area contributed by atoms with Gasteiger partial charge in [0.05, 0.1) is 13.2 Å². The fourth-order valence-corrected chi connectivity index (χ4v) is 5.42. The fourth-order valence-electron chi connectivity index (χ4n) is 5.42. The topological polar surface area (TPSA) is 44.5 Å². The van der Waals surface area contributed by atoms with E-state index in [-0.39, 0.29) is 11.2 Å². The molecule has 1 saturated heterocycles. The van der Waals surface area contributed by atoms with E-state index in [9.17, 15) is 0 Å². The summed E-state index contributed by atoms with van der Waals surface area (Å²) in [5.41, 5.74) is 11.7. The Labute approximate surface area is 139 Å². The molecule has 2 fully saturated rings. The zero-order chi connectivity index (χ0) is 16.1. The van der Waals surface area contributed by atoms with E-state index in [0.29, 0.717) is 5.92 Å². The molecule has 2 unspecified atom stereocenters. The lowest BCUT2D eigenvalue weighted by atomic mass is 9.58. The molecule has 1 aromatic rings. The maximum absolute atomic E-state index is 6.20. The highest BCUT2D eigenvalue weighted by Gasteiger charge is 2.52. The van der Waals surface area contributed by atoms with E-state index < -0.39 is 0 Å². The molecular formula is C20H29NO2. The normalized spacial score (nSPS) is 32.3. The molecule has 0 aromatic heterocycles. The lowest BCUT2D eigenvalue weighted by Gasteiger charge is -2.49. The van der Waals surface area contributed by atoms with Gasteiger partial charge < -0.3 is 15.2 Å². The van der Waals surface area contributed by atoms with Gasteiger partial charge in [0, 0.05) is 18.5 Å². The van der Waals surface area contributed by atoms with E-state index in [1.165, 1.54) is 36.8 Å². The lowest BCUT2D eigenvalue weighted by molar-refractivity contribution is -0.199. The van der Waals surface area contributed by atoms with Crippen molar-refractivity contribution < 1.29 is 9.47 Å². The van der Waals surface area contributed by atoms with Crippen molar-refractivity contribution in [3.8, 4) is 0 Å². The van der Waals surface area contributed by atoms with Gasteiger partial charge in [0.25, 0.3) is 0 Å². The smallest absolute Gasteiger partial charge is 0.168 e. The third-order valence-electron chi connectivity index (χ3n) is 6.76. The van der Waals surface area contributed by atoms with Gasteiger partial charge in [-0.2, -0.15) is 0 Å². The van der Waals surface area contributed by atoms with Crippen molar-refractivity contribution in [2.24, 2.45) is 5.92 Å². The molecule has 3 aliphatic rings. The summed E-state index contributed by atoms with van der Waals surface area (Å²) in [6, 6.07) is 4.64. The lowest BCUT2D eigenvalue weighted by Crippen LogP contribution is -2.48. The van der Waals surface area contributed by atoms with Crippen LogP contribution in [0.2, 0.25) is 0 Å². The van der Waals surface area contributed by atoms with Crippen molar-refractivity contribution in [1.29, 1.82) is 0 Å². The molecule has 2 aliphatic carbocycles. The first kappa shape index (κ1) is 15.5. The van der Waals surface area contributed by atoms with Crippen LogP contribution in [0.5, 0.6) is 0 Å². The third kappa shape index (κ3) is 2.32. The van der Waals surface area contributed by atoms with Crippen LogP contribution in [0.1, 0.15) is 62.1 Å². The number of hydrogen-bond donors (Lipinski definition) is 1. The van der Waals surface area contributed by atoms with Gasteiger partial charge in [-0.1, -0.05) is 13.0 Å². The number of hydrogen-bond acceptors (Lipinski definition) is 3. The Hall–Kier alpha value is -1.06. The number of benzene rings is 1. The Morgan fingerprint density at radius 3 is 2.74 bits per heavy atom. The molecular weight excluding hydrogens is 286 g/mol. The van der Waals surface area contributed by atoms with Crippen LogP contribution in [0.25, 0.3) is 0 Å². The highest BCUT2D eigenvalue weighted by Crippen LogP contribution is 2.55. The van der Waals surface area contributed by atoms with Gasteiger partial charge in [-0.05, 0) is 73.1 Å². The summed E-state index contributed by atoms with van der Waals surface area (Å²) in [5.74, 6) is 0.375. The molecule has 1 spiro atoms. The minimum atomic E-state index is -0.281. The molecule has 23 heavy (non-hydrogen) atoms. The number of anilines is 1. The summed E-state index contributed by atoms with van der Waals surface area (Å²) in [6.45, 7) is 6.03. The van der Waals surface area contributed by atoms with Gasteiger partial charge in [0.2, 0.25) is 0 Å². The van der Waals surface area contributed by atoms with Gasteiger partial charge in [-0.3, -0.25) is 0 Å². The Morgan fingerprint density at radius 1 is 1.22 bits per heavy atom. The summed E-state index contributed by atoms with van der Waals surface area (Å²) >= 11 is 0. The monoisotopic (exact) mass is 315 g/mol. The van der Waals surface area contributed by atoms with E-state index in [0.717, 1.165) is 38.2 Å². The minimum Gasteiger partial charge on any atom is -0.399 e. The van der Waals surface area contributed by atoms with Crippen molar-refractivity contribution >= 4 is 5.69 Å². The Morgan fingerprint density at radius 2 is 2.00 bits per heavy atom. The fraction of sp³-hybridized carbons (Fsp3) is 0.700. The standard InChI is InChI=1S/C20H29NO2/c1-3-19-7-8-20(22-9-10-23-20)13-16(19)6-4-5-15-12-18(21)14(2)11-17(15)19/h11-12,16H,3-10,13,21H2,1-2H3. The van der Waals surface area contributed by atoms with Gasteiger partial charge in [-0.25, -0.2) is 0 Å².